The average molecular weight is 589 g/mol. The third-order valence-corrected chi connectivity index (χ3v) is 5.21. The summed E-state index contributed by atoms with van der Waals surface area (Å²) in [6, 6.07) is 13.2. The normalized spacial score (nSPS) is 14.3. The van der Waals surface area contributed by atoms with Crippen molar-refractivity contribution in [3.05, 3.63) is 88.8 Å². The first-order valence-corrected chi connectivity index (χ1v) is 16.3. The number of allylic oxidation sites excluding steroid dienone is 4. The number of fused-ring (bicyclic) bond motifs is 1. The molecule has 0 amide bonds. The quantitative estimate of drug-likeness (QED) is 0.151. The molecule has 0 heterocycles. The van der Waals surface area contributed by atoms with Gasteiger partial charge in [0.25, 0.3) is 0 Å². The fourth-order valence-corrected chi connectivity index (χ4v) is 3.28. The van der Waals surface area contributed by atoms with Crippen LogP contribution in [0.2, 0.25) is 13.1 Å². The maximum atomic E-state index is 13.2. The number of rotatable bonds is 1. The van der Waals surface area contributed by atoms with Gasteiger partial charge in [-0.3, -0.25) is 6.08 Å². The molecule has 3 aromatic rings. The van der Waals surface area contributed by atoms with Crippen molar-refractivity contribution in [3.63, 3.8) is 0 Å². The summed E-state index contributed by atoms with van der Waals surface area (Å²) in [5.41, 5.74) is 5.49. The van der Waals surface area contributed by atoms with E-state index in [-0.39, 0.29) is 30.2 Å². The first-order chi connectivity index (χ1) is 14.5. The van der Waals surface area contributed by atoms with E-state index in [9.17, 15) is 13.2 Å². The summed E-state index contributed by atoms with van der Waals surface area (Å²) in [5.74, 6) is -3.22. The molecule has 0 aliphatic heterocycles. The Morgan fingerprint density at radius 1 is 0.970 bits per heavy atom. The van der Waals surface area contributed by atoms with Crippen LogP contribution >= 0.6 is 24.8 Å². The predicted molar refractivity (Wildman–Crippen MR) is 137 cm³/mol. The Hall–Kier alpha value is -1.00. The summed E-state index contributed by atoms with van der Waals surface area (Å²) in [4.78, 5) is 0. The Labute approximate surface area is 222 Å². The zero-order valence-electron chi connectivity index (χ0n) is 19.6. The molecule has 0 aromatic heterocycles. The summed E-state index contributed by atoms with van der Waals surface area (Å²) in [6.45, 7) is 13.3. The molecule has 0 nitrogen and oxygen atoms in total. The van der Waals surface area contributed by atoms with E-state index in [0.29, 0.717) is 17.0 Å². The molecule has 0 saturated heterocycles. The zero-order valence-corrected chi connectivity index (χ0v) is 24.7. The van der Waals surface area contributed by atoms with Crippen molar-refractivity contribution in [2.45, 2.75) is 40.8 Å². The molecule has 0 saturated carbocycles. The van der Waals surface area contributed by atoms with Gasteiger partial charge >= 0.3 is 41.9 Å². The molecule has 1 aliphatic carbocycles. The molecule has 1 atom stereocenters. The van der Waals surface area contributed by atoms with Crippen LogP contribution in [0, 0.1) is 29.4 Å². The van der Waals surface area contributed by atoms with Gasteiger partial charge in [0.1, 0.15) is 0 Å². The molecule has 0 fully saturated rings. The van der Waals surface area contributed by atoms with Crippen LogP contribution in [0.15, 0.2) is 65.3 Å². The smallest absolute Gasteiger partial charge is 0.194 e. The van der Waals surface area contributed by atoms with Gasteiger partial charge in [-0.15, -0.1) is 78.4 Å². The number of benzene rings is 2. The molecule has 0 N–H and O–H groups in total. The van der Waals surface area contributed by atoms with Crippen LogP contribution in [-0.4, -0.2) is 5.43 Å². The van der Waals surface area contributed by atoms with E-state index in [1.54, 1.807) is 29.4 Å². The maximum absolute atomic E-state index is 13.2. The minimum absolute atomic E-state index is 0. The van der Waals surface area contributed by atoms with Crippen molar-refractivity contribution in [1.82, 2.24) is 0 Å². The van der Waals surface area contributed by atoms with Crippen LogP contribution in [0.25, 0.3) is 21.9 Å². The van der Waals surface area contributed by atoms with Crippen molar-refractivity contribution in [2.75, 3.05) is 0 Å². The average Bonchev–Trinajstić information content (AvgIpc) is 3.23. The maximum Gasteiger partial charge on any atom is 0.194 e. The molecular formula is C26H29Cl2F3SiZr. The second-order valence-electron chi connectivity index (χ2n) is 7.89. The second kappa shape index (κ2) is 14.4. The summed E-state index contributed by atoms with van der Waals surface area (Å²) in [5, 5.41) is 1.88. The molecule has 1 aliphatic rings. The standard InChI is InChI=1S/C15H8F3.C9H13.C2H6Si.2ClH.Zr/c16-13-7-10(8-14(17)15(13)18)12-6-5-9-3-1-2-4-11(9)12;1-6-5-7(2)9(4)8(6)3;1-3-2;;;/h1-8H;6H,1-4H3;1-2H3;2*1H;/q2*-1;;;;+2. The van der Waals surface area contributed by atoms with Crippen LogP contribution in [0.3, 0.4) is 0 Å². The SMILES string of the molecule is CC1=[C-]C(C)C(C)=C1C.C[Si](C)=[Zr+2].Cl.Cl.Fc1cc(-c2c[cH-]c3ccccc23)cc(F)c1F. The molecule has 0 bridgehead atoms. The largest absolute Gasteiger partial charge is 0.204 e. The zero-order chi connectivity index (χ0) is 23.3. The van der Waals surface area contributed by atoms with Crippen molar-refractivity contribution >= 4 is 41.0 Å². The van der Waals surface area contributed by atoms with Gasteiger partial charge in [0.2, 0.25) is 0 Å². The van der Waals surface area contributed by atoms with Crippen LogP contribution in [0.4, 0.5) is 13.2 Å². The van der Waals surface area contributed by atoms with Gasteiger partial charge in [0.15, 0.2) is 17.5 Å². The Morgan fingerprint density at radius 2 is 1.48 bits per heavy atom. The molecule has 33 heavy (non-hydrogen) atoms. The number of hydrogen-bond acceptors (Lipinski definition) is 0. The summed E-state index contributed by atoms with van der Waals surface area (Å²) < 4.78 is 39.4. The van der Waals surface area contributed by atoms with Gasteiger partial charge in [0.05, 0.1) is 0 Å². The number of hydrogen-bond donors (Lipinski definition) is 0. The molecule has 7 heteroatoms. The molecule has 176 valence electrons. The monoisotopic (exact) mass is 586 g/mol. The van der Waals surface area contributed by atoms with Gasteiger partial charge in [-0.25, -0.2) is 18.7 Å². The van der Waals surface area contributed by atoms with Crippen LogP contribution in [0.1, 0.15) is 27.7 Å². The van der Waals surface area contributed by atoms with E-state index >= 15 is 0 Å². The fourth-order valence-electron chi connectivity index (χ4n) is 3.28. The van der Waals surface area contributed by atoms with E-state index in [1.807, 2.05) is 30.3 Å². The van der Waals surface area contributed by atoms with Gasteiger partial charge in [0, 0.05) is 0 Å². The van der Waals surface area contributed by atoms with E-state index < -0.39 is 17.5 Å². The van der Waals surface area contributed by atoms with Gasteiger partial charge in [-0.1, -0.05) is 38.3 Å². The van der Waals surface area contributed by atoms with E-state index in [2.05, 4.69) is 46.9 Å². The first-order valence-electron chi connectivity index (χ1n) is 10.1. The van der Waals surface area contributed by atoms with Crippen molar-refractivity contribution in [1.29, 1.82) is 0 Å². The Kier molecular flexibility index (Phi) is 14.0. The number of halogens is 5. The molecule has 0 spiro atoms. The van der Waals surface area contributed by atoms with Crippen molar-refractivity contribution in [2.24, 2.45) is 5.92 Å². The van der Waals surface area contributed by atoms with Crippen molar-refractivity contribution < 1.29 is 36.5 Å². The van der Waals surface area contributed by atoms with Gasteiger partial charge in [-0.2, -0.15) is 11.1 Å². The Morgan fingerprint density at radius 3 is 1.91 bits per heavy atom. The topological polar surface area (TPSA) is 0 Å². The predicted octanol–water partition coefficient (Wildman–Crippen LogP) is 8.99. The second-order valence-corrected chi connectivity index (χ2v) is 17.3. The van der Waals surface area contributed by atoms with Crippen LogP contribution in [-0.2, 0) is 23.3 Å². The van der Waals surface area contributed by atoms with E-state index in [4.69, 9.17) is 0 Å². The molecular weight excluding hydrogens is 559 g/mol. The first kappa shape index (κ1) is 32.0. The third kappa shape index (κ3) is 8.62. The molecule has 0 radical (unpaired) electrons. The Bertz CT molecular complexity index is 1140. The summed E-state index contributed by atoms with van der Waals surface area (Å²) >= 11 is 1.74. The van der Waals surface area contributed by atoms with Crippen LogP contribution in [0.5, 0.6) is 0 Å². The van der Waals surface area contributed by atoms with Crippen molar-refractivity contribution in [3.8, 4) is 11.1 Å². The van der Waals surface area contributed by atoms with E-state index in [0.717, 1.165) is 22.9 Å². The summed E-state index contributed by atoms with van der Waals surface area (Å²) in [6.07, 6.45) is 3.36. The molecule has 4 rings (SSSR count). The molecule has 3 aromatic carbocycles. The fraction of sp³-hybridized carbons (Fsp3) is 0.269. The van der Waals surface area contributed by atoms with Gasteiger partial charge in [-0.05, 0) is 12.1 Å². The van der Waals surface area contributed by atoms with Gasteiger partial charge < -0.3 is 0 Å². The molecule has 1 unspecified atom stereocenters. The summed E-state index contributed by atoms with van der Waals surface area (Å²) in [7, 11) is 0. The minimum atomic E-state index is -1.44. The minimum Gasteiger partial charge on any atom is -0.204 e. The van der Waals surface area contributed by atoms with Crippen LogP contribution < -0.4 is 0 Å². The Balaban J connectivity index is 0.000000580. The third-order valence-electron chi connectivity index (χ3n) is 5.21. The van der Waals surface area contributed by atoms with E-state index in [1.165, 1.54) is 16.7 Å².